The van der Waals surface area contributed by atoms with E-state index >= 15 is 0 Å². The number of aliphatic hydroxyl groups is 1. The van der Waals surface area contributed by atoms with Crippen LogP contribution in [-0.2, 0) is 23.8 Å². The van der Waals surface area contributed by atoms with Crippen LogP contribution in [0.3, 0.4) is 0 Å². The number of ether oxygens (including phenoxy) is 3. The maximum Gasteiger partial charge on any atom is 0.302 e. The molecule has 6 heteroatoms. The van der Waals surface area contributed by atoms with Crippen LogP contribution in [0.15, 0.2) is 12.2 Å². The maximum absolute atomic E-state index is 12.6. The number of hydrogen-bond donors (Lipinski definition) is 1. The van der Waals surface area contributed by atoms with E-state index in [4.69, 9.17) is 14.2 Å². The maximum atomic E-state index is 12.6. The van der Waals surface area contributed by atoms with E-state index in [1.807, 2.05) is 6.08 Å². The quantitative estimate of drug-likeness (QED) is 0.327. The average molecular weight is 397 g/mol. The van der Waals surface area contributed by atoms with E-state index in [0.29, 0.717) is 19.4 Å². The van der Waals surface area contributed by atoms with Crippen molar-refractivity contribution in [3.05, 3.63) is 12.2 Å². The number of ketones is 1. The van der Waals surface area contributed by atoms with Gasteiger partial charge in [0.05, 0.1) is 18.8 Å². The summed E-state index contributed by atoms with van der Waals surface area (Å²) < 4.78 is 16.9. The number of carbonyl (C=O) groups excluding carboxylic acids is 2. The molecule has 6 nitrogen and oxygen atoms in total. The van der Waals surface area contributed by atoms with Gasteiger partial charge >= 0.3 is 5.97 Å². The van der Waals surface area contributed by atoms with Crippen molar-refractivity contribution in [1.29, 1.82) is 0 Å². The first kappa shape index (κ1) is 23.0. The molecule has 0 spiro atoms. The van der Waals surface area contributed by atoms with Gasteiger partial charge in [-0.1, -0.05) is 38.3 Å². The Morgan fingerprint density at radius 3 is 2.86 bits per heavy atom. The second-order valence-electron chi connectivity index (χ2n) is 7.90. The summed E-state index contributed by atoms with van der Waals surface area (Å²) in [6, 6.07) is 0. The molecule has 0 aromatic heterocycles. The molecule has 160 valence electrons. The molecular weight excluding hydrogens is 360 g/mol. The fourth-order valence-corrected chi connectivity index (χ4v) is 4.01. The second-order valence-corrected chi connectivity index (χ2v) is 7.90. The molecule has 0 aromatic rings. The first-order valence-electron chi connectivity index (χ1n) is 10.8. The second kappa shape index (κ2) is 12.3. The number of esters is 1. The fraction of sp³-hybridized carbons (Fsp3) is 0.818. The highest BCUT2D eigenvalue weighted by molar-refractivity contribution is 5.84. The Morgan fingerprint density at radius 1 is 1.36 bits per heavy atom. The number of Topliss-reactive ketones (excluding diaryl/α,β-unsaturated/α-hetero) is 1. The van der Waals surface area contributed by atoms with Crippen molar-refractivity contribution < 1.29 is 28.9 Å². The van der Waals surface area contributed by atoms with Crippen molar-refractivity contribution in [2.75, 3.05) is 13.2 Å². The van der Waals surface area contributed by atoms with Crippen molar-refractivity contribution in [1.82, 2.24) is 0 Å². The molecule has 1 aliphatic carbocycles. The molecule has 5 atom stereocenters. The van der Waals surface area contributed by atoms with E-state index in [2.05, 4.69) is 6.92 Å². The van der Waals surface area contributed by atoms with E-state index in [9.17, 15) is 14.7 Å². The summed E-state index contributed by atoms with van der Waals surface area (Å²) in [5.74, 6) is -0.600. The van der Waals surface area contributed by atoms with Crippen LogP contribution in [0.2, 0.25) is 0 Å². The van der Waals surface area contributed by atoms with Crippen LogP contribution in [0, 0.1) is 11.8 Å². The minimum absolute atomic E-state index is 0.128. The molecule has 1 N–H and O–H groups in total. The zero-order valence-electron chi connectivity index (χ0n) is 17.3. The molecule has 1 heterocycles. The molecule has 1 saturated carbocycles. The van der Waals surface area contributed by atoms with Crippen molar-refractivity contribution in [2.45, 2.75) is 90.1 Å². The Bertz CT molecular complexity index is 511. The van der Waals surface area contributed by atoms with Gasteiger partial charge in [0.1, 0.15) is 5.78 Å². The number of aliphatic hydroxyl groups excluding tert-OH is 1. The molecular formula is C22H36O6. The summed E-state index contributed by atoms with van der Waals surface area (Å²) in [6.07, 6.45) is 10.4. The van der Waals surface area contributed by atoms with Crippen molar-refractivity contribution in [3.8, 4) is 0 Å². The molecule has 2 rings (SSSR count). The van der Waals surface area contributed by atoms with Crippen molar-refractivity contribution >= 4 is 11.8 Å². The molecule has 1 unspecified atom stereocenters. The predicted octanol–water partition coefficient (Wildman–Crippen LogP) is 3.55. The third-order valence-electron chi connectivity index (χ3n) is 5.57. The topological polar surface area (TPSA) is 82.1 Å². The summed E-state index contributed by atoms with van der Waals surface area (Å²) in [5, 5.41) is 10.2. The van der Waals surface area contributed by atoms with Crippen LogP contribution in [0.5, 0.6) is 0 Å². The van der Waals surface area contributed by atoms with Crippen LogP contribution in [0.25, 0.3) is 0 Å². The minimum Gasteiger partial charge on any atom is -0.466 e. The van der Waals surface area contributed by atoms with Gasteiger partial charge in [-0.2, -0.15) is 0 Å². The van der Waals surface area contributed by atoms with Crippen LogP contribution < -0.4 is 0 Å². The van der Waals surface area contributed by atoms with Gasteiger partial charge in [-0.25, -0.2) is 0 Å². The first-order chi connectivity index (χ1) is 13.5. The zero-order chi connectivity index (χ0) is 20.4. The highest BCUT2D eigenvalue weighted by atomic mass is 16.7. The first-order valence-corrected chi connectivity index (χ1v) is 10.8. The molecule has 1 aliphatic heterocycles. The van der Waals surface area contributed by atoms with E-state index in [1.165, 1.54) is 6.92 Å². The average Bonchev–Trinajstić information content (AvgIpc) is 2.95. The predicted molar refractivity (Wildman–Crippen MR) is 106 cm³/mol. The lowest BCUT2D eigenvalue weighted by molar-refractivity contribution is -0.192. The Balaban J connectivity index is 2.00. The van der Waals surface area contributed by atoms with Gasteiger partial charge in [0, 0.05) is 31.8 Å². The third-order valence-corrected chi connectivity index (χ3v) is 5.57. The van der Waals surface area contributed by atoms with Gasteiger partial charge < -0.3 is 19.3 Å². The molecule has 2 aliphatic rings. The summed E-state index contributed by atoms with van der Waals surface area (Å²) in [4.78, 5) is 23.7. The summed E-state index contributed by atoms with van der Waals surface area (Å²) in [7, 11) is 0. The van der Waals surface area contributed by atoms with E-state index in [0.717, 1.165) is 44.9 Å². The van der Waals surface area contributed by atoms with Crippen molar-refractivity contribution in [3.63, 3.8) is 0 Å². The number of hydrogen-bond acceptors (Lipinski definition) is 6. The molecule has 1 saturated heterocycles. The van der Waals surface area contributed by atoms with Crippen LogP contribution in [-0.4, -0.2) is 48.6 Å². The van der Waals surface area contributed by atoms with Crippen LogP contribution >= 0.6 is 0 Å². The molecule has 0 bridgehead atoms. The monoisotopic (exact) mass is 396 g/mol. The van der Waals surface area contributed by atoms with Gasteiger partial charge in [0.15, 0.2) is 6.29 Å². The largest absolute Gasteiger partial charge is 0.466 e. The number of carbonyl (C=O) groups is 2. The number of rotatable bonds is 11. The Labute approximate surface area is 168 Å². The molecule has 0 aromatic carbocycles. The standard InChI is InChI=1S/C22H36O6/c1-3-4-5-8-17(24)10-11-19-18(12-14-26-16(2)23)20(25)15-21(19)28-22-9-6-7-13-27-22/h10-11,17-19,21-22,24H,3-9,12-15H2,1-2H3/t17-,18-,19-,21-,22?/m0/s1. The van der Waals surface area contributed by atoms with E-state index in [-0.39, 0.29) is 42.6 Å². The summed E-state index contributed by atoms with van der Waals surface area (Å²) in [5.41, 5.74) is 0. The molecule has 2 fully saturated rings. The summed E-state index contributed by atoms with van der Waals surface area (Å²) >= 11 is 0. The lowest BCUT2D eigenvalue weighted by Crippen LogP contribution is -2.31. The van der Waals surface area contributed by atoms with Gasteiger partial charge in [0.2, 0.25) is 0 Å². The van der Waals surface area contributed by atoms with Gasteiger partial charge in [-0.05, 0) is 32.1 Å². The molecule has 0 amide bonds. The normalized spacial score (nSPS) is 29.3. The summed E-state index contributed by atoms with van der Waals surface area (Å²) in [6.45, 7) is 4.42. The van der Waals surface area contributed by atoms with Crippen molar-refractivity contribution in [2.24, 2.45) is 11.8 Å². The fourth-order valence-electron chi connectivity index (χ4n) is 4.01. The minimum atomic E-state index is -0.511. The third kappa shape index (κ3) is 7.64. The van der Waals surface area contributed by atoms with Crippen LogP contribution in [0.1, 0.15) is 71.6 Å². The van der Waals surface area contributed by atoms with Gasteiger partial charge in [0.25, 0.3) is 0 Å². The van der Waals surface area contributed by atoms with Gasteiger partial charge in [-0.3, -0.25) is 9.59 Å². The Morgan fingerprint density at radius 2 is 2.18 bits per heavy atom. The molecule has 0 radical (unpaired) electrons. The number of unbranched alkanes of at least 4 members (excludes halogenated alkanes) is 2. The SMILES string of the molecule is CCCCC[C@H](O)C=C[C@@H]1[C@@H](OC2CCCCO2)CC(=O)[C@H]1CCOC(C)=O. The Hall–Kier alpha value is -1.24. The van der Waals surface area contributed by atoms with Crippen LogP contribution in [0.4, 0.5) is 0 Å². The highest BCUT2D eigenvalue weighted by Gasteiger charge is 2.42. The Kier molecular flexibility index (Phi) is 10.2. The lowest BCUT2D eigenvalue weighted by atomic mass is 9.90. The highest BCUT2D eigenvalue weighted by Crippen LogP contribution is 2.36. The van der Waals surface area contributed by atoms with Gasteiger partial charge in [-0.15, -0.1) is 0 Å². The smallest absolute Gasteiger partial charge is 0.302 e. The van der Waals surface area contributed by atoms with E-state index < -0.39 is 6.10 Å². The lowest BCUT2D eigenvalue weighted by Gasteiger charge is -2.28. The van der Waals surface area contributed by atoms with E-state index in [1.54, 1.807) is 6.08 Å². The zero-order valence-corrected chi connectivity index (χ0v) is 17.3. The molecule has 28 heavy (non-hydrogen) atoms.